The van der Waals surface area contributed by atoms with E-state index in [9.17, 15) is 0 Å². The molecule has 1 unspecified atom stereocenters. The lowest BCUT2D eigenvalue weighted by molar-refractivity contribution is 0.0903. The molecule has 3 rings (SSSR count). The van der Waals surface area contributed by atoms with Gasteiger partial charge in [0.25, 0.3) is 0 Å². The highest BCUT2D eigenvalue weighted by Crippen LogP contribution is 2.26. The van der Waals surface area contributed by atoms with Crippen molar-refractivity contribution in [3.8, 4) is 5.75 Å². The van der Waals surface area contributed by atoms with Crippen molar-refractivity contribution in [1.82, 2.24) is 9.88 Å². The molecule has 26 heavy (non-hydrogen) atoms. The molecule has 5 nitrogen and oxygen atoms in total. The third-order valence-electron chi connectivity index (χ3n) is 4.41. The first-order valence-electron chi connectivity index (χ1n) is 8.88. The Morgan fingerprint density at radius 1 is 1.38 bits per heavy atom. The minimum atomic E-state index is 0.206. The van der Waals surface area contributed by atoms with Crippen LogP contribution in [0.4, 0.5) is 5.69 Å². The Morgan fingerprint density at radius 2 is 2.27 bits per heavy atom. The second-order valence-electron chi connectivity index (χ2n) is 6.47. The van der Waals surface area contributed by atoms with Crippen molar-refractivity contribution in [3.05, 3.63) is 53.9 Å². The molecule has 6 heteroatoms. The average molecular weight is 372 g/mol. The van der Waals surface area contributed by atoms with E-state index in [-0.39, 0.29) is 6.10 Å². The number of benzene rings is 1. The highest BCUT2D eigenvalue weighted by molar-refractivity contribution is 7.80. The number of nitrogens with zero attached hydrogens (tertiary/aromatic N) is 2. The molecule has 1 N–H and O–H groups in total. The zero-order chi connectivity index (χ0) is 18.4. The summed E-state index contributed by atoms with van der Waals surface area (Å²) in [4.78, 5) is 6.56. The number of aryl methyl sites for hydroxylation is 1. The highest BCUT2D eigenvalue weighted by atomic mass is 32.1. The number of methoxy groups -OCH3 is 1. The SMILES string of the molecule is COc1ccc(C)cc1NC(=S)N(Cc1ccccn1)CC1CCCO1. The first kappa shape index (κ1) is 18.6. The normalized spacial score (nSPS) is 16.3. The maximum Gasteiger partial charge on any atom is 0.173 e. The van der Waals surface area contributed by atoms with E-state index in [1.165, 1.54) is 0 Å². The summed E-state index contributed by atoms with van der Waals surface area (Å²) in [5.41, 5.74) is 2.99. The minimum absolute atomic E-state index is 0.206. The molecule has 0 saturated carbocycles. The Bertz CT molecular complexity index is 733. The molecule has 1 aliphatic rings. The zero-order valence-corrected chi connectivity index (χ0v) is 16.1. The van der Waals surface area contributed by atoms with Crippen LogP contribution in [0.3, 0.4) is 0 Å². The number of pyridine rings is 1. The Kier molecular flexibility index (Phi) is 6.41. The van der Waals surface area contributed by atoms with Gasteiger partial charge in [0, 0.05) is 19.3 Å². The van der Waals surface area contributed by atoms with E-state index in [0.29, 0.717) is 11.7 Å². The van der Waals surface area contributed by atoms with Crippen molar-refractivity contribution in [2.45, 2.75) is 32.4 Å². The number of aromatic nitrogens is 1. The summed E-state index contributed by atoms with van der Waals surface area (Å²) < 4.78 is 11.3. The summed E-state index contributed by atoms with van der Waals surface area (Å²) in [7, 11) is 1.66. The molecule has 1 atom stereocenters. The average Bonchev–Trinajstić information content (AvgIpc) is 3.15. The fourth-order valence-corrected chi connectivity index (χ4v) is 3.30. The predicted octanol–water partition coefficient (Wildman–Crippen LogP) is 3.78. The summed E-state index contributed by atoms with van der Waals surface area (Å²) in [5, 5.41) is 3.99. The molecule has 1 aromatic heterocycles. The molecule has 2 aromatic rings. The first-order chi connectivity index (χ1) is 12.7. The third-order valence-corrected chi connectivity index (χ3v) is 4.77. The van der Waals surface area contributed by atoms with Crippen LogP contribution in [0, 0.1) is 6.92 Å². The monoisotopic (exact) mass is 371 g/mol. The Balaban J connectivity index is 1.76. The van der Waals surface area contributed by atoms with Crippen LogP contribution in [0.1, 0.15) is 24.1 Å². The van der Waals surface area contributed by atoms with Crippen LogP contribution in [-0.2, 0) is 11.3 Å². The molecule has 1 aromatic carbocycles. The van der Waals surface area contributed by atoms with Crippen LogP contribution < -0.4 is 10.1 Å². The number of anilines is 1. The van der Waals surface area contributed by atoms with Gasteiger partial charge in [-0.1, -0.05) is 12.1 Å². The van der Waals surface area contributed by atoms with Crippen LogP contribution in [0.15, 0.2) is 42.6 Å². The van der Waals surface area contributed by atoms with Gasteiger partial charge in [-0.15, -0.1) is 0 Å². The van der Waals surface area contributed by atoms with Gasteiger partial charge >= 0.3 is 0 Å². The molecule has 0 bridgehead atoms. The van der Waals surface area contributed by atoms with Crippen molar-refractivity contribution >= 4 is 23.0 Å². The van der Waals surface area contributed by atoms with Crippen molar-refractivity contribution < 1.29 is 9.47 Å². The maximum atomic E-state index is 5.81. The Hall–Kier alpha value is -2.18. The van der Waals surface area contributed by atoms with E-state index in [1.807, 2.05) is 43.3 Å². The minimum Gasteiger partial charge on any atom is -0.495 e. The number of rotatable bonds is 6. The fraction of sp³-hybridized carbons (Fsp3) is 0.400. The van der Waals surface area contributed by atoms with E-state index in [2.05, 4.69) is 15.2 Å². The molecule has 0 amide bonds. The summed E-state index contributed by atoms with van der Waals surface area (Å²) in [5.74, 6) is 0.771. The molecule has 1 fully saturated rings. The quantitative estimate of drug-likeness (QED) is 0.780. The molecular weight excluding hydrogens is 346 g/mol. The van der Waals surface area contributed by atoms with Crippen LogP contribution in [0.5, 0.6) is 5.75 Å². The number of ether oxygens (including phenoxy) is 2. The Morgan fingerprint density at radius 3 is 2.96 bits per heavy atom. The van der Waals surface area contributed by atoms with Gasteiger partial charge in [0.15, 0.2) is 5.11 Å². The van der Waals surface area contributed by atoms with Crippen molar-refractivity contribution in [2.75, 3.05) is 25.6 Å². The van der Waals surface area contributed by atoms with E-state index < -0.39 is 0 Å². The molecule has 1 aliphatic heterocycles. The summed E-state index contributed by atoms with van der Waals surface area (Å²) >= 11 is 5.72. The standard InChI is InChI=1S/C20H25N3O2S/c1-15-8-9-19(24-2)18(12-15)22-20(26)23(14-17-7-5-11-25-17)13-16-6-3-4-10-21-16/h3-4,6,8-10,12,17H,5,7,11,13-14H2,1-2H3,(H,22,26). The van der Waals surface area contributed by atoms with Crippen LogP contribution in [0.2, 0.25) is 0 Å². The van der Waals surface area contributed by atoms with Crippen LogP contribution >= 0.6 is 12.2 Å². The van der Waals surface area contributed by atoms with E-state index in [0.717, 1.165) is 48.7 Å². The molecule has 138 valence electrons. The number of nitrogens with one attached hydrogen (secondary N) is 1. The van der Waals surface area contributed by atoms with Crippen molar-refractivity contribution in [1.29, 1.82) is 0 Å². The van der Waals surface area contributed by atoms with Gasteiger partial charge in [0.05, 0.1) is 31.1 Å². The molecule has 0 spiro atoms. The zero-order valence-electron chi connectivity index (χ0n) is 15.3. The van der Waals surface area contributed by atoms with E-state index in [1.54, 1.807) is 13.3 Å². The lowest BCUT2D eigenvalue weighted by Gasteiger charge is -2.28. The Labute approximate surface area is 160 Å². The van der Waals surface area contributed by atoms with Gasteiger partial charge in [-0.25, -0.2) is 0 Å². The number of thiocarbonyl (C=S) groups is 1. The van der Waals surface area contributed by atoms with Gasteiger partial charge in [0.1, 0.15) is 5.75 Å². The molecule has 0 radical (unpaired) electrons. The highest BCUT2D eigenvalue weighted by Gasteiger charge is 2.22. The van der Waals surface area contributed by atoms with Crippen LogP contribution in [0.25, 0.3) is 0 Å². The lowest BCUT2D eigenvalue weighted by atomic mass is 10.2. The third kappa shape index (κ3) is 4.93. The number of hydrogen-bond acceptors (Lipinski definition) is 4. The number of hydrogen-bond donors (Lipinski definition) is 1. The van der Waals surface area contributed by atoms with Crippen molar-refractivity contribution in [2.24, 2.45) is 0 Å². The predicted molar refractivity (Wildman–Crippen MR) is 108 cm³/mol. The van der Waals surface area contributed by atoms with Crippen molar-refractivity contribution in [3.63, 3.8) is 0 Å². The summed E-state index contributed by atoms with van der Waals surface area (Å²) in [6, 6.07) is 11.9. The molecule has 2 heterocycles. The topological polar surface area (TPSA) is 46.6 Å². The van der Waals surface area contributed by atoms with E-state index >= 15 is 0 Å². The summed E-state index contributed by atoms with van der Waals surface area (Å²) in [6.45, 7) is 4.26. The van der Waals surface area contributed by atoms with Gasteiger partial charge in [0.2, 0.25) is 0 Å². The van der Waals surface area contributed by atoms with Gasteiger partial charge in [-0.2, -0.15) is 0 Å². The second-order valence-corrected chi connectivity index (χ2v) is 6.86. The molecule has 1 saturated heterocycles. The molecule has 0 aliphatic carbocycles. The van der Waals surface area contributed by atoms with Gasteiger partial charge in [-0.3, -0.25) is 4.98 Å². The fourth-order valence-electron chi connectivity index (χ4n) is 3.05. The van der Waals surface area contributed by atoms with E-state index in [4.69, 9.17) is 21.7 Å². The first-order valence-corrected chi connectivity index (χ1v) is 9.28. The van der Waals surface area contributed by atoms with Gasteiger partial charge < -0.3 is 19.7 Å². The lowest BCUT2D eigenvalue weighted by Crippen LogP contribution is -2.39. The summed E-state index contributed by atoms with van der Waals surface area (Å²) in [6.07, 6.45) is 4.18. The molecular formula is C20H25N3O2S. The largest absolute Gasteiger partial charge is 0.495 e. The van der Waals surface area contributed by atoms with Crippen LogP contribution in [-0.4, -0.2) is 41.4 Å². The van der Waals surface area contributed by atoms with Gasteiger partial charge in [-0.05, 0) is 61.8 Å². The second kappa shape index (κ2) is 8.96. The smallest absolute Gasteiger partial charge is 0.173 e. The maximum absolute atomic E-state index is 5.81.